The maximum Gasteiger partial charge on any atom is 0.130 e. The molecule has 3 aromatic rings. The van der Waals surface area contributed by atoms with Crippen molar-refractivity contribution in [2.75, 3.05) is 14.2 Å². The number of carbonyl (C=O) groups excluding carboxylic acids is 1. The van der Waals surface area contributed by atoms with Crippen LogP contribution in [0.2, 0.25) is 0 Å². The SMILES string of the molecule is CC(=O)CC(C)(C)C.COc1ccc(C(NC(C)(C)C)(c2ccccc2)c2ccc(OC)cc2)cc1. The van der Waals surface area contributed by atoms with Gasteiger partial charge in [-0.05, 0) is 74.1 Å². The molecule has 0 aliphatic heterocycles. The zero-order valence-electron chi connectivity index (χ0n) is 23.4. The first-order chi connectivity index (χ1) is 16.8. The first-order valence-electron chi connectivity index (χ1n) is 12.4. The van der Waals surface area contributed by atoms with Gasteiger partial charge >= 0.3 is 0 Å². The Morgan fingerprint density at radius 3 is 1.33 bits per heavy atom. The number of benzene rings is 3. The summed E-state index contributed by atoms with van der Waals surface area (Å²) in [5.41, 5.74) is 3.01. The second-order valence-corrected chi connectivity index (χ2v) is 11.4. The molecule has 0 unspecified atom stereocenters. The molecule has 0 fully saturated rings. The molecule has 0 spiro atoms. The molecule has 0 aliphatic carbocycles. The third-order valence-electron chi connectivity index (χ3n) is 5.59. The van der Waals surface area contributed by atoms with Crippen LogP contribution in [0.4, 0.5) is 0 Å². The summed E-state index contributed by atoms with van der Waals surface area (Å²) in [6.07, 6.45) is 0.687. The van der Waals surface area contributed by atoms with Gasteiger partial charge in [0, 0.05) is 12.0 Å². The zero-order chi connectivity index (χ0) is 27.0. The Bertz CT molecular complexity index is 1030. The Labute approximate surface area is 218 Å². The van der Waals surface area contributed by atoms with Crippen molar-refractivity contribution in [1.29, 1.82) is 0 Å². The highest BCUT2D eigenvalue weighted by atomic mass is 16.5. The molecule has 36 heavy (non-hydrogen) atoms. The Hall–Kier alpha value is -3.11. The van der Waals surface area contributed by atoms with Crippen molar-refractivity contribution in [3.63, 3.8) is 0 Å². The van der Waals surface area contributed by atoms with Crippen molar-refractivity contribution < 1.29 is 14.3 Å². The number of ketones is 1. The van der Waals surface area contributed by atoms with Gasteiger partial charge in [0.1, 0.15) is 17.3 Å². The highest BCUT2D eigenvalue weighted by Crippen LogP contribution is 2.39. The number of ether oxygens (including phenoxy) is 2. The van der Waals surface area contributed by atoms with E-state index in [9.17, 15) is 4.79 Å². The Kier molecular flexibility index (Phi) is 9.89. The predicted molar refractivity (Wildman–Crippen MR) is 150 cm³/mol. The van der Waals surface area contributed by atoms with Gasteiger partial charge in [-0.3, -0.25) is 5.32 Å². The van der Waals surface area contributed by atoms with Crippen molar-refractivity contribution in [3.8, 4) is 11.5 Å². The van der Waals surface area contributed by atoms with Crippen LogP contribution in [0, 0.1) is 5.41 Å². The molecule has 1 N–H and O–H groups in total. The lowest BCUT2D eigenvalue weighted by atomic mass is 9.75. The van der Waals surface area contributed by atoms with Crippen LogP contribution in [0.5, 0.6) is 11.5 Å². The molecule has 0 aromatic heterocycles. The molecule has 3 aromatic carbocycles. The smallest absolute Gasteiger partial charge is 0.130 e. The summed E-state index contributed by atoms with van der Waals surface area (Å²) in [6, 6.07) is 27.2. The van der Waals surface area contributed by atoms with Gasteiger partial charge in [0.15, 0.2) is 0 Å². The van der Waals surface area contributed by atoms with Gasteiger partial charge in [0.25, 0.3) is 0 Å². The highest BCUT2D eigenvalue weighted by molar-refractivity contribution is 5.76. The van der Waals surface area contributed by atoms with E-state index in [0.717, 1.165) is 22.6 Å². The fraction of sp³-hybridized carbons (Fsp3) is 0.406. The van der Waals surface area contributed by atoms with E-state index in [1.165, 1.54) is 5.56 Å². The monoisotopic (exact) mass is 489 g/mol. The van der Waals surface area contributed by atoms with E-state index in [-0.39, 0.29) is 16.7 Å². The minimum Gasteiger partial charge on any atom is -0.497 e. The molecule has 0 heterocycles. The number of carbonyl (C=O) groups is 1. The lowest BCUT2D eigenvalue weighted by molar-refractivity contribution is -0.118. The molecule has 3 rings (SSSR count). The van der Waals surface area contributed by atoms with E-state index >= 15 is 0 Å². The van der Waals surface area contributed by atoms with E-state index in [4.69, 9.17) is 9.47 Å². The standard InChI is InChI=1S/C25H29NO2.C7H14O/c1-24(2,3)26-25(19-9-7-6-8-10-19,20-11-15-22(27-4)16-12-20)21-13-17-23(28-5)18-14-21;1-6(8)5-7(2,3)4/h6-18,26H,1-5H3;5H2,1-4H3. The van der Waals surface area contributed by atoms with Crippen LogP contribution in [0.3, 0.4) is 0 Å². The summed E-state index contributed by atoms with van der Waals surface area (Å²) in [5, 5.41) is 3.91. The number of Topliss-reactive ketones (excluding diaryl/α,β-unsaturated/α-hetero) is 1. The van der Waals surface area contributed by atoms with Crippen LogP contribution in [-0.4, -0.2) is 25.5 Å². The average molecular weight is 490 g/mol. The van der Waals surface area contributed by atoms with Gasteiger partial charge in [0.05, 0.1) is 19.8 Å². The number of hydrogen-bond donors (Lipinski definition) is 1. The summed E-state index contributed by atoms with van der Waals surface area (Å²) in [5.74, 6) is 1.96. The Morgan fingerprint density at radius 2 is 1.06 bits per heavy atom. The normalized spacial score (nSPS) is 11.8. The van der Waals surface area contributed by atoms with Crippen LogP contribution in [0.25, 0.3) is 0 Å². The van der Waals surface area contributed by atoms with E-state index in [1.54, 1.807) is 21.1 Å². The molecule has 0 bridgehead atoms. The maximum absolute atomic E-state index is 10.5. The molecule has 4 nitrogen and oxygen atoms in total. The largest absolute Gasteiger partial charge is 0.497 e. The first-order valence-corrected chi connectivity index (χ1v) is 12.4. The fourth-order valence-corrected chi connectivity index (χ4v) is 4.40. The van der Waals surface area contributed by atoms with Crippen molar-refractivity contribution in [1.82, 2.24) is 5.32 Å². The first kappa shape index (κ1) is 29.1. The summed E-state index contributed by atoms with van der Waals surface area (Å²) in [7, 11) is 3.38. The van der Waals surface area contributed by atoms with Gasteiger partial charge in [-0.1, -0.05) is 75.4 Å². The minimum atomic E-state index is -0.516. The van der Waals surface area contributed by atoms with E-state index < -0.39 is 5.54 Å². The molecule has 0 atom stereocenters. The summed E-state index contributed by atoms with van der Waals surface area (Å²) < 4.78 is 10.8. The van der Waals surface area contributed by atoms with Crippen molar-refractivity contribution >= 4 is 5.78 Å². The van der Waals surface area contributed by atoms with Gasteiger partial charge in [-0.2, -0.15) is 0 Å². The Balaban J connectivity index is 0.000000493. The second-order valence-electron chi connectivity index (χ2n) is 11.4. The van der Waals surface area contributed by atoms with Gasteiger partial charge < -0.3 is 14.3 Å². The van der Waals surface area contributed by atoms with Gasteiger partial charge in [0.2, 0.25) is 0 Å². The van der Waals surface area contributed by atoms with Crippen LogP contribution < -0.4 is 14.8 Å². The van der Waals surface area contributed by atoms with E-state index in [2.05, 4.69) is 95.4 Å². The summed E-state index contributed by atoms with van der Waals surface area (Å²) in [6.45, 7) is 14.4. The molecular formula is C32H43NO3. The number of hydrogen-bond acceptors (Lipinski definition) is 4. The molecule has 194 valence electrons. The van der Waals surface area contributed by atoms with Crippen LogP contribution >= 0.6 is 0 Å². The number of nitrogens with one attached hydrogen (secondary N) is 1. The average Bonchev–Trinajstić information content (AvgIpc) is 2.81. The van der Waals surface area contributed by atoms with Crippen molar-refractivity contribution in [3.05, 3.63) is 95.6 Å². The molecule has 0 radical (unpaired) electrons. The van der Waals surface area contributed by atoms with Gasteiger partial charge in [-0.15, -0.1) is 0 Å². The Morgan fingerprint density at radius 1 is 0.667 bits per heavy atom. The highest BCUT2D eigenvalue weighted by Gasteiger charge is 2.39. The van der Waals surface area contributed by atoms with Gasteiger partial charge in [-0.25, -0.2) is 0 Å². The van der Waals surface area contributed by atoms with Crippen molar-refractivity contribution in [2.45, 2.75) is 66.0 Å². The quantitative estimate of drug-likeness (QED) is 0.351. The predicted octanol–water partition coefficient (Wildman–Crippen LogP) is 7.40. The third kappa shape index (κ3) is 8.23. The van der Waals surface area contributed by atoms with E-state index in [1.807, 2.05) is 30.3 Å². The molecule has 0 saturated heterocycles. The molecule has 0 amide bonds. The summed E-state index contributed by atoms with van der Waals surface area (Å²) >= 11 is 0. The zero-order valence-corrected chi connectivity index (χ0v) is 23.4. The number of methoxy groups -OCH3 is 2. The van der Waals surface area contributed by atoms with Crippen LogP contribution in [-0.2, 0) is 10.3 Å². The molecule has 0 saturated carbocycles. The lowest BCUT2D eigenvalue weighted by Crippen LogP contribution is -2.53. The maximum atomic E-state index is 10.5. The minimum absolute atomic E-state index is 0.129. The second kappa shape index (κ2) is 12.2. The number of rotatable bonds is 7. The van der Waals surface area contributed by atoms with E-state index in [0.29, 0.717) is 6.42 Å². The lowest BCUT2D eigenvalue weighted by Gasteiger charge is -2.42. The third-order valence-corrected chi connectivity index (χ3v) is 5.59. The fourth-order valence-electron chi connectivity index (χ4n) is 4.40. The molecular weight excluding hydrogens is 446 g/mol. The molecule has 4 heteroatoms. The molecule has 0 aliphatic rings. The topological polar surface area (TPSA) is 47.6 Å². The van der Waals surface area contributed by atoms with Crippen LogP contribution in [0.1, 0.15) is 71.6 Å². The van der Waals surface area contributed by atoms with Crippen molar-refractivity contribution in [2.24, 2.45) is 5.41 Å². The van der Waals surface area contributed by atoms with Crippen LogP contribution in [0.15, 0.2) is 78.9 Å². The summed E-state index contributed by atoms with van der Waals surface area (Å²) in [4.78, 5) is 10.5.